The van der Waals surface area contributed by atoms with Crippen molar-refractivity contribution < 1.29 is 20.1 Å². The number of rotatable bonds is 10. The van der Waals surface area contributed by atoms with Crippen molar-refractivity contribution in [2.24, 2.45) is 0 Å². The van der Waals surface area contributed by atoms with Gasteiger partial charge >= 0.3 is 0 Å². The number of hydrogen-bond donors (Lipinski definition) is 0. The van der Waals surface area contributed by atoms with Gasteiger partial charge in [0, 0.05) is 32.5 Å². The van der Waals surface area contributed by atoms with Gasteiger partial charge < -0.3 is 9.97 Å². The average molecular weight is 949 g/mol. The molecule has 0 amide bonds. The second-order valence-electron chi connectivity index (χ2n) is 17.8. The van der Waals surface area contributed by atoms with Gasteiger partial charge in [0.1, 0.15) is 0 Å². The molecule has 5 aromatic carbocycles. The van der Waals surface area contributed by atoms with Crippen LogP contribution in [0.5, 0.6) is 0 Å². The molecule has 1 aliphatic carbocycles. The standard InChI is InChI=1S/C56H56N2.Ir/c1-38(2)53-37-58-55(35-52(53)45-24-22-43(23-25-45)42-12-8-7-9-13-42)47-28-26-44(27-29-47)50-14-10-11-15-51(50)48-33-39(3)32-41(34-48)17-16-40-18-20-46(21-19-40)54-31-30-49(36-57-54)56(4,5)6;/h10-11,14-15,18-20,22-28,30-38,42H,7-9,12-13,16-17H2,1-6H3;/q-2;. The molecule has 0 bridgehead atoms. The molecule has 0 aliphatic heterocycles. The molecule has 7 aromatic rings. The van der Waals surface area contributed by atoms with Crippen LogP contribution in [0.1, 0.15) is 112 Å². The first-order valence-corrected chi connectivity index (χ1v) is 21.4. The van der Waals surface area contributed by atoms with Gasteiger partial charge in [0.05, 0.1) is 0 Å². The van der Waals surface area contributed by atoms with Crippen LogP contribution in [0, 0.1) is 19.1 Å². The summed E-state index contributed by atoms with van der Waals surface area (Å²) in [6.07, 6.45) is 12.7. The third-order valence-electron chi connectivity index (χ3n) is 12.1. The molecule has 1 fully saturated rings. The Morgan fingerprint density at radius 3 is 1.92 bits per heavy atom. The van der Waals surface area contributed by atoms with Crippen molar-refractivity contribution in [1.29, 1.82) is 0 Å². The zero-order valence-electron chi connectivity index (χ0n) is 35.5. The maximum atomic E-state index is 4.97. The molecule has 0 atom stereocenters. The smallest absolute Gasteiger partial charge is 0.0201 e. The van der Waals surface area contributed by atoms with Crippen molar-refractivity contribution >= 4 is 0 Å². The number of benzene rings is 5. The Morgan fingerprint density at radius 2 is 1.27 bits per heavy atom. The minimum Gasteiger partial charge on any atom is -0.304 e. The van der Waals surface area contributed by atoms with Crippen molar-refractivity contribution in [3.8, 4) is 55.9 Å². The monoisotopic (exact) mass is 949 g/mol. The molecule has 0 saturated heterocycles. The molecule has 1 aliphatic rings. The molecular weight excluding hydrogens is 893 g/mol. The minimum atomic E-state index is 0. The number of aromatic nitrogens is 2. The van der Waals surface area contributed by atoms with E-state index in [-0.39, 0.29) is 25.5 Å². The summed E-state index contributed by atoms with van der Waals surface area (Å²) in [6.45, 7) is 13.4. The SMILES string of the molecule is Cc1cc(CCc2c[c-]c(-c3ccc(C(C)(C)C)cn3)cc2)cc(-c2ccccc2-c2c[c-]c(-c3cc(-c4ccc(C5CCCCC5)cc4)c(C(C)C)cn3)cc2)c1.[Ir]. The molecule has 2 aromatic heterocycles. The maximum absolute atomic E-state index is 4.97. The second-order valence-corrected chi connectivity index (χ2v) is 17.8. The van der Waals surface area contributed by atoms with E-state index in [9.17, 15) is 0 Å². The van der Waals surface area contributed by atoms with E-state index in [0.717, 1.165) is 40.9 Å². The van der Waals surface area contributed by atoms with Crippen LogP contribution in [0.15, 0.2) is 134 Å². The topological polar surface area (TPSA) is 25.8 Å². The van der Waals surface area contributed by atoms with Crippen molar-refractivity contribution in [3.63, 3.8) is 0 Å². The van der Waals surface area contributed by atoms with Crippen LogP contribution < -0.4 is 0 Å². The van der Waals surface area contributed by atoms with Crippen LogP contribution in [0.4, 0.5) is 0 Å². The van der Waals surface area contributed by atoms with Gasteiger partial charge in [-0.25, -0.2) is 0 Å². The zero-order chi connectivity index (χ0) is 40.2. The van der Waals surface area contributed by atoms with Crippen molar-refractivity contribution in [2.75, 3.05) is 0 Å². The molecule has 8 rings (SSSR count). The molecule has 1 radical (unpaired) electrons. The van der Waals surface area contributed by atoms with Crippen molar-refractivity contribution in [1.82, 2.24) is 9.97 Å². The first-order chi connectivity index (χ1) is 28.1. The molecular formula is C56H56IrN2-2. The fourth-order valence-electron chi connectivity index (χ4n) is 8.65. The van der Waals surface area contributed by atoms with Crippen LogP contribution in [0.25, 0.3) is 55.9 Å². The summed E-state index contributed by atoms with van der Waals surface area (Å²) in [6, 6.07) is 51.9. The fourth-order valence-corrected chi connectivity index (χ4v) is 8.65. The van der Waals surface area contributed by atoms with Gasteiger partial charge in [-0.3, -0.25) is 0 Å². The Balaban J connectivity index is 0.00000528. The predicted molar refractivity (Wildman–Crippen MR) is 244 cm³/mol. The van der Waals surface area contributed by atoms with E-state index in [2.05, 4.69) is 181 Å². The van der Waals surface area contributed by atoms with Crippen LogP contribution >= 0.6 is 0 Å². The summed E-state index contributed by atoms with van der Waals surface area (Å²) in [7, 11) is 0. The summed E-state index contributed by atoms with van der Waals surface area (Å²) in [5.74, 6) is 1.09. The first-order valence-electron chi connectivity index (χ1n) is 21.4. The van der Waals surface area contributed by atoms with E-state index >= 15 is 0 Å². The van der Waals surface area contributed by atoms with E-state index in [1.807, 2.05) is 6.20 Å². The van der Waals surface area contributed by atoms with Crippen LogP contribution in [0.3, 0.4) is 0 Å². The quantitative estimate of drug-likeness (QED) is 0.128. The number of hydrogen-bond acceptors (Lipinski definition) is 2. The Morgan fingerprint density at radius 1 is 0.610 bits per heavy atom. The molecule has 0 spiro atoms. The summed E-state index contributed by atoms with van der Waals surface area (Å²) in [4.78, 5) is 9.70. The van der Waals surface area contributed by atoms with Crippen LogP contribution in [-0.2, 0) is 38.4 Å². The van der Waals surface area contributed by atoms with E-state index in [1.165, 1.54) is 93.3 Å². The molecule has 2 heterocycles. The predicted octanol–water partition coefficient (Wildman–Crippen LogP) is 15.0. The molecule has 0 N–H and O–H groups in total. The minimum absolute atomic E-state index is 0. The Kier molecular flexibility index (Phi) is 13.3. The van der Waals surface area contributed by atoms with Gasteiger partial charge in [-0.2, -0.15) is 0 Å². The summed E-state index contributed by atoms with van der Waals surface area (Å²) in [5, 5.41) is 0. The molecule has 301 valence electrons. The van der Waals surface area contributed by atoms with Gasteiger partial charge in [-0.1, -0.05) is 162 Å². The Bertz CT molecular complexity index is 2460. The summed E-state index contributed by atoms with van der Waals surface area (Å²) in [5.41, 5.74) is 19.3. The van der Waals surface area contributed by atoms with E-state index in [1.54, 1.807) is 0 Å². The summed E-state index contributed by atoms with van der Waals surface area (Å²) >= 11 is 0. The maximum Gasteiger partial charge on any atom is 0.0201 e. The molecule has 0 unspecified atom stereocenters. The van der Waals surface area contributed by atoms with E-state index < -0.39 is 0 Å². The Hall–Kier alpha value is -4.95. The van der Waals surface area contributed by atoms with Crippen molar-refractivity contribution in [2.45, 2.75) is 104 Å². The third-order valence-corrected chi connectivity index (χ3v) is 12.1. The van der Waals surface area contributed by atoms with E-state index in [0.29, 0.717) is 11.8 Å². The molecule has 2 nitrogen and oxygen atoms in total. The Labute approximate surface area is 367 Å². The van der Waals surface area contributed by atoms with Gasteiger partial charge in [0.25, 0.3) is 0 Å². The largest absolute Gasteiger partial charge is 0.304 e. The van der Waals surface area contributed by atoms with Gasteiger partial charge in [0.15, 0.2) is 0 Å². The van der Waals surface area contributed by atoms with E-state index in [4.69, 9.17) is 9.97 Å². The second kappa shape index (κ2) is 18.5. The summed E-state index contributed by atoms with van der Waals surface area (Å²) < 4.78 is 0. The average Bonchev–Trinajstić information content (AvgIpc) is 3.25. The first kappa shape index (κ1) is 42.2. The fraction of sp³-hybridized carbons (Fsp3) is 0.286. The van der Waals surface area contributed by atoms with Crippen LogP contribution in [-0.4, -0.2) is 9.97 Å². The number of nitrogens with zero attached hydrogens (tertiary/aromatic N) is 2. The zero-order valence-corrected chi connectivity index (χ0v) is 37.9. The van der Waals surface area contributed by atoms with Gasteiger partial charge in [0.2, 0.25) is 0 Å². The molecule has 3 heteroatoms. The molecule has 1 saturated carbocycles. The van der Waals surface area contributed by atoms with Gasteiger partial charge in [-0.05, 0) is 99.3 Å². The number of pyridine rings is 2. The van der Waals surface area contributed by atoms with Gasteiger partial charge in [-0.15, -0.1) is 65.2 Å². The van der Waals surface area contributed by atoms with Crippen molar-refractivity contribution in [3.05, 3.63) is 179 Å². The number of aryl methyl sites for hydroxylation is 3. The third kappa shape index (κ3) is 9.92. The molecule has 59 heavy (non-hydrogen) atoms. The van der Waals surface area contributed by atoms with Crippen LogP contribution in [0.2, 0.25) is 0 Å². The normalized spacial score (nSPS) is 13.3.